The number of carbonyl (C=O) groups is 1. The van der Waals surface area contributed by atoms with Crippen LogP contribution in [-0.2, 0) is 4.79 Å². The molecule has 0 unspecified atom stereocenters. The van der Waals surface area contributed by atoms with Gasteiger partial charge in [0.05, 0.1) is 23.4 Å². The topological polar surface area (TPSA) is 68.2 Å². The van der Waals surface area contributed by atoms with Crippen molar-refractivity contribution < 1.29 is 9.53 Å². The van der Waals surface area contributed by atoms with Crippen molar-refractivity contribution in [3.05, 3.63) is 42.1 Å². The summed E-state index contributed by atoms with van der Waals surface area (Å²) in [6.45, 7) is 5.97. The van der Waals surface area contributed by atoms with Gasteiger partial charge in [0.2, 0.25) is 5.91 Å². The summed E-state index contributed by atoms with van der Waals surface area (Å²) in [5, 5.41) is 10.4. The van der Waals surface area contributed by atoms with Crippen LogP contribution in [-0.4, -0.2) is 51.9 Å². The van der Waals surface area contributed by atoms with Crippen LogP contribution < -0.4 is 4.74 Å². The van der Waals surface area contributed by atoms with Crippen molar-refractivity contribution in [2.45, 2.75) is 31.7 Å². The van der Waals surface area contributed by atoms with Crippen molar-refractivity contribution in [1.82, 2.24) is 20.1 Å². The summed E-state index contributed by atoms with van der Waals surface area (Å²) in [7, 11) is 1.66. The van der Waals surface area contributed by atoms with Gasteiger partial charge >= 0.3 is 0 Å². The van der Waals surface area contributed by atoms with Crippen molar-refractivity contribution in [2.75, 3.05) is 26.0 Å². The molecule has 1 aliphatic heterocycles. The Morgan fingerprint density at radius 2 is 1.90 bits per heavy atom. The summed E-state index contributed by atoms with van der Waals surface area (Å²) in [4.78, 5) is 20.1. The zero-order valence-electron chi connectivity index (χ0n) is 18.0. The Balaban J connectivity index is 1.40. The number of hydrogen-bond donors (Lipinski definition) is 0. The molecule has 0 spiro atoms. The summed E-state index contributed by atoms with van der Waals surface area (Å²) in [6, 6.07) is 11.8. The van der Waals surface area contributed by atoms with Crippen molar-refractivity contribution in [1.29, 1.82) is 0 Å². The van der Waals surface area contributed by atoms with E-state index in [-0.39, 0.29) is 5.91 Å². The Morgan fingerprint density at radius 1 is 1.16 bits per heavy atom. The fraction of sp³-hybridized carbons (Fsp3) is 0.391. The summed E-state index contributed by atoms with van der Waals surface area (Å²) >= 11 is 3.05. The first-order chi connectivity index (χ1) is 15.0. The number of piperidine rings is 1. The van der Waals surface area contributed by atoms with Crippen LogP contribution in [0.15, 0.2) is 41.4 Å². The lowest BCUT2D eigenvalue weighted by Crippen LogP contribution is -2.38. The van der Waals surface area contributed by atoms with Gasteiger partial charge < -0.3 is 9.64 Å². The van der Waals surface area contributed by atoms with Gasteiger partial charge in [0.1, 0.15) is 21.5 Å². The molecule has 8 heteroatoms. The number of benzene rings is 1. The van der Waals surface area contributed by atoms with Crippen LogP contribution in [0.3, 0.4) is 0 Å². The molecule has 162 valence electrons. The number of aromatic nitrogens is 3. The van der Waals surface area contributed by atoms with Gasteiger partial charge in [-0.1, -0.05) is 18.7 Å². The Morgan fingerprint density at radius 3 is 2.55 bits per heavy atom. The highest BCUT2D eigenvalue weighted by Crippen LogP contribution is 2.35. The highest BCUT2D eigenvalue weighted by molar-refractivity contribution is 7.99. The highest BCUT2D eigenvalue weighted by Gasteiger charge is 2.20. The Hall–Kier alpha value is -2.45. The van der Waals surface area contributed by atoms with Gasteiger partial charge in [-0.05, 0) is 62.1 Å². The number of ether oxygens (including phenoxy) is 1. The third-order valence-corrected chi connectivity index (χ3v) is 7.62. The predicted molar refractivity (Wildman–Crippen MR) is 126 cm³/mol. The van der Waals surface area contributed by atoms with Crippen molar-refractivity contribution >= 4 is 29.0 Å². The third-order valence-electron chi connectivity index (χ3n) is 5.49. The average Bonchev–Trinajstić information content (AvgIpc) is 3.20. The zero-order valence-corrected chi connectivity index (χ0v) is 19.6. The number of methoxy groups -OCH3 is 1. The number of nitrogens with zero attached hydrogens (tertiary/aromatic N) is 4. The maximum Gasteiger partial charge on any atom is 0.232 e. The molecular weight excluding hydrogens is 428 g/mol. The Bertz CT molecular complexity index is 1030. The van der Waals surface area contributed by atoms with E-state index in [2.05, 4.69) is 17.1 Å². The first kappa shape index (κ1) is 21.8. The number of rotatable bonds is 6. The van der Waals surface area contributed by atoms with E-state index in [4.69, 9.17) is 9.72 Å². The third kappa shape index (κ3) is 5.25. The van der Waals surface area contributed by atoms with E-state index < -0.39 is 0 Å². The molecule has 0 atom stereocenters. The molecular formula is C23H26N4O2S2. The predicted octanol–water partition coefficient (Wildman–Crippen LogP) is 4.93. The summed E-state index contributed by atoms with van der Waals surface area (Å²) in [5.41, 5.74) is 2.78. The zero-order chi connectivity index (χ0) is 21.8. The van der Waals surface area contributed by atoms with E-state index >= 15 is 0 Å². The van der Waals surface area contributed by atoms with Gasteiger partial charge in [0.15, 0.2) is 0 Å². The number of hydrogen-bond acceptors (Lipinski definition) is 7. The second kappa shape index (κ2) is 9.78. The number of amides is 1. The fourth-order valence-electron chi connectivity index (χ4n) is 3.49. The molecule has 0 aliphatic carbocycles. The van der Waals surface area contributed by atoms with Crippen LogP contribution in [0.2, 0.25) is 0 Å². The number of carbonyl (C=O) groups excluding carboxylic acids is 1. The molecule has 3 heterocycles. The molecule has 0 saturated carbocycles. The molecule has 1 fully saturated rings. The molecule has 1 aromatic carbocycles. The minimum absolute atomic E-state index is 0.185. The second-order valence-electron chi connectivity index (χ2n) is 7.77. The standard InChI is InChI=1S/C23H26N4O2S2/c1-15-10-12-27(13-11-15)21(28)14-30-20-9-8-19(25-26-20)22-16(2)24-23(31-22)17-4-6-18(29-3)7-5-17/h4-9,15H,10-14H2,1-3H3. The van der Waals surface area contributed by atoms with Crippen LogP contribution in [0.4, 0.5) is 0 Å². The average molecular weight is 455 g/mol. The number of thiazole rings is 1. The second-order valence-corrected chi connectivity index (χ2v) is 9.77. The SMILES string of the molecule is COc1ccc(-c2nc(C)c(-c3ccc(SCC(=O)N4CCC(C)CC4)nn3)s2)cc1. The number of aryl methyl sites for hydroxylation is 1. The maximum atomic E-state index is 12.4. The van der Waals surface area contributed by atoms with Crippen molar-refractivity contribution in [3.8, 4) is 26.9 Å². The minimum Gasteiger partial charge on any atom is -0.497 e. The van der Waals surface area contributed by atoms with Gasteiger partial charge in [0, 0.05) is 18.7 Å². The molecule has 1 amide bonds. The number of likely N-dealkylation sites (tertiary alicyclic amines) is 1. The van der Waals surface area contributed by atoms with E-state index in [0.29, 0.717) is 5.75 Å². The van der Waals surface area contributed by atoms with Crippen LogP contribution in [0, 0.1) is 12.8 Å². The molecule has 3 aromatic rings. The van der Waals surface area contributed by atoms with E-state index in [9.17, 15) is 4.79 Å². The number of thioether (sulfide) groups is 1. The Kier molecular flexibility index (Phi) is 6.87. The van der Waals surface area contributed by atoms with E-state index in [0.717, 1.165) is 69.5 Å². The summed E-state index contributed by atoms with van der Waals surface area (Å²) in [6.07, 6.45) is 2.19. The molecule has 0 radical (unpaired) electrons. The van der Waals surface area contributed by atoms with Gasteiger partial charge in [-0.2, -0.15) is 0 Å². The van der Waals surface area contributed by atoms with Crippen molar-refractivity contribution in [2.24, 2.45) is 5.92 Å². The molecule has 0 N–H and O–H groups in total. The van der Waals surface area contributed by atoms with Crippen LogP contribution in [0.25, 0.3) is 21.1 Å². The van der Waals surface area contributed by atoms with Gasteiger partial charge in [0.25, 0.3) is 0 Å². The van der Waals surface area contributed by atoms with Crippen LogP contribution in [0.1, 0.15) is 25.5 Å². The lowest BCUT2D eigenvalue weighted by Gasteiger charge is -2.30. The highest BCUT2D eigenvalue weighted by atomic mass is 32.2. The molecule has 31 heavy (non-hydrogen) atoms. The van der Waals surface area contributed by atoms with E-state index in [1.165, 1.54) is 11.8 Å². The summed E-state index contributed by atoms with van der Waals surface area (Å²) < 4.78 is 5.23. The fourth-order valence-corrected chi connectivity index (χ4v) is 5.25. The van der Waals surface area contributed by atoms with Gasteiger partial charge in [-0.25, -0.2) is 4.98 Å². The minimum atomic E-state index is 0.185. The first-order valence-corrected chi connectivity index (χ1v) is 12.2. The van der Waals surface area contributed by atoms with Gasteiger partial charge in [-0.15, -0.1) is 21.5 Å². The maximum absolute atomic E-state index is 12.4. The largest absolute Gasteiger partial charge is 0.497 e. The molecule has 0 bridgehead atoms. The lowest BCUT2D eigenvalue weighted by atomic mass is 9.99. The lowest BCUT2D eigenvalue weighted by molar-refractivity contribution is -0.129. The molecule has 1 aliphatic rings. The monoisotopic (exact) mass is 454 g/mol. The summed E-state index contributed by atoms with van der Waals surface area (Å²) in [5.74, 6) is 2.13. The van der Waals surface area contributed by atoms with Crippen LogP contribution in [0.5, 0.6) is 5.75 Å². The molecule has 6 nitrogen and oxygen atoms in total. The van der Waals surface area contributed by atoms with Crippen LogP contribution >= 0.6 is 23.1 Å². The van der Waals surface area contributed by atoms with E-state index in [1.54, 1.807) is 18.4 Å². The Labute approximate surface area is 191 Å². The molecule has 4 rings (SSSR count). The van der Waals surface area contributed by atoms with E-state index in [1.807, 2.05) is 48.2 Å². The quantitative estimate of drug-likeness (QED) is 0.492. The molecule has 1 saturated heterocycles. The normalized spacial score (nSPS) is 14.6. The van der Waals surface area contributed by atoms with Gasteiger partial charge in [-0.3, -0.25) is 4.79 Å². The molecule has 2 aromatic heterocycles. The first-order valence-electron chi connectivity index (χ1n) is 10.4. The van der Waals surface area contributed by atoms with Crippen molar-refractivity contribution in [3.63, 3.8) is 0 Å². The smallest absolute Gasteiger partial charge is 0.232 e.